The molecule has 4 heteroatoms. The zero-order valence-corrected chi connectivity index (χ0v) is 18.0. The summed E-state index contributed by atoms with van der Waals surface area (Å²) in [6.07, 6.45) is 14.4. The van der Waals surface area contributed by atoms with Gasteiger partial charge in [0.2, 0.25) is 0 Å². The Balaban J connectivity index is 1.49. The average molecular weight is 394 g/mol. The summed E-state index contributed by atoms with van der Waals surface area (Å²) in [7, 11) is 0. The standard InChI is InChI=1S/C25H35N3O/c1-3-4-5-6-7-8-9-10-11-12-15-21-19-25(29)24(18-20(21)2)28-23-17-14-13-16-22(23)26-27-28/h13-14,16-19,29H,3-12,15H2,1-2H3. The molecule has 0 spiro atoms. The van der Waals surface area contributed by atoms with Crippen LogP contribution in [0.25, 0.3) is 16.7 Å². The number of hydrogen-bond donors (Lipinski definition) is 1. The van der Waals surface area contributed by atoms with Crippen LogP contribution in [0, 0.1) is 6.92 Å². The quantitative estimate of drug-likeness (QED) is 0.341. The van der Waals surface area contributed by atoms with Crippen LogP contribution in [0.2, 0.25) is 0 Å². The van der Waals surface area contributed by atoms with Gasteiger partial charge in [0, 0.05) is 0 Å². The molecule has 4 nitrogen and oxygen atoms in total. The van der Waals surface area contributed by atoms with Crippen molar-refractivity contribution in [1.82, 2.24) is 15.0 Å². The van der Waals surface area contributed by atoms with Gasteiger partial charge in [0.25, 0.3) is 0 Å². The van der Waals surface area contributed by atoms with Crippen LogP contribution in [0.4, 0.5) is 0 Å². The third-order valence-corrected chi connectivity index (χ3v) is 5.81. The monoisotopic (exact) mass is 393 g/mol. The van der Waals surface area contributed by atoms with Crippen molar-refractivity contribution in [3.05, 3.63) is 47.5 Å². The van der Waals surface area contributed by atoms with Crippen molar-refractivity contribution in [1.29, 1.82) is 0 Å². The summed E-state index contributed by atoms with van der Waals surface area (Å²) in [5.41, 5.74) is 4.87. The Bertz CT molecular complexity index is 900. The van der Waals surface area contributed by atoms with Gasteiger partial charge in [-0.05, 0) is 55.2 Å². The highest BCUT2D eigenvalue weighted by atomic mass is 16.3. The van der Waals surface area contributed by atoms with Gasteiger partial charge in [0.1, 0.15) is 17.0 Å². The van der Waals surface area contributed by atoms with E-state index in [0.29, 0.717) is 5.69 Å². The summed E-state index contributed by atoms with van der Waals surface area (Å²) in [5, 5.41) is 19.0. The Morgan fingerprint density at radius 3 is 2.24 bits per heavy atom. The van der Waals surface area contributed by atoms with Crippen molar-refractivity contribution < 1.29 is 5.11 Å². The summed E-state index contributed by atoms with van der Waals surface area (Å²) in [6.45, 7) is 4.39. The molecule has 29 heavy (non-hydrogen) atoms. The Kier molecular flexibility index (Phi) is 8.09. The lowest BCUT2D eigenvalue weighted by Crippen LogP contribution is -2.00. The van der Waals surface area contributed by atoms with E-state index in [-0.39, 0.29) is 5.75 Å². The predicted octanol–water partition coefficient (Wildman–Crippen LogP) is 6.90. The van der Waals surface area contributed by atoms with E-state index in [2.05, 4.69) is 24.2 Å². The van der Waals surface area contributed by atoms with Gasteiger partial charge in [-0.15, -0.1) is 5.10 Å². The third-order valence-electron chi connectivity index (χ3n) is 5.81. The maximum Gasteiger partial charge on any atom is 0.141 e. The number of hydrogen-bond acceptors (Lipinski definition) is 3. The number of aromatic hydroxyl groups is 1. The van der Waals surface area contributed by atoms with Crippen LogP contribution in [0.1, 0.15) is 82.3 Å². The topological polar surface area (TPSA) is 50.9 Å². The molecule has 3 rings (SSSR count). The second kappa shape index (κ2) is 11.0. The van der Waals surface area contributed by atoms with Crippen molar-refractivity contribution in [2.75, 3.05) is 0 Å². The van der Waals surface area contributed by atoms with Crippen molar-refractivity contribution in [3.63, 3.8) is 0 Å². The van der Waals surface area contributed by atoms with Gasteiger partial charge in [0.05, 0.1) is 5.52 Å². The minimum atomic E-state index is 0.272. The first kappa shape index (κ1) is 21.4. The molecule has 3 aromatic rings. The molecule has 1 heterocycles. The molecule has 0 saturated heterocycles. The minimum absolute atomic E-state index is 0.272. The van der Waals surface area contributed by atoms with Crippen molar-refractivity contribution >= 4 is 11.0 Å². The molecule has 0 saturated carbocycles. The molecule has 0 radical (unpaired) electrons. The molecule has 0 unspecified atom stereocenters. The van der Waals surface area contributed by atoms with Crippen LogP contribution in [-0.2, 0) is 6.42 Å². The molecule has 1 aromatic heterocycles. The van der Waals surface area contributed by atoms with E-state index in [0.717, 1.165) is 17.5 Å². The van der Waals surface area contributed by atoms with Gasteiger partial charge in [-0.3, -0.25) is 0 Å². The molecular formula is C25H35N3O. The first-order chi connectivity index (χ1) is 14.2. The summed E-state index contributed by atoms with van der Waals surface area (Å²) < 4.78 is 1.72. The largest absolute Gasteiger partial charge is 0.506 e. The highest BCUT2D eigenvalue weighted by Gasteiger charge is 2.12. The molecule has 0 bridgehead atoms. The Morgan fingerprint density at radius 1 is 0.862 bits per heavy atom. The molecule has 0 aliphatic heterocycles. The molecule has 0 aliphatic rings. The fourth-order valence-electron chi connectivity index (χ4n) is 4.01. The molecule has 1 N–H and O–H groups in total. The second-order valence-electron chi connectivity index (χ2n) is 8.19. The van der Waals surface area contributed by atoms with Crippen molar-refractivity contribution in [2.24, 2.45) is 0 Å². The molecule has 0 fully saturated rings. The van der Waals surface area contributed by atoms with Crippen LogP contribution in [0.15, 0.2) is 36.4 Å². The molecule has 156 valence electrons. The van der Waals surface area contributed by atoms with Crippen LogP contribution in [0.5, 0.6) is 5.75 Å². The number of aromatic nitrogens is 3. The SMILES string of the molecule is CCCCCCCCCCCCc1cc(O)c(-n2nnc3ccccc32)cc1C. The minimum Gasteiger partial charge on any atom is -0.506 e. The smallest absolute Gasteiger partial charge is 0.141 e. The highest BCUT2D eigenvalue weighted by Crippen LogP contribution is 2.28. The lowest BCUT2D eigenvalue weighted by atomic mass is 9.99. The molecule has 0 amide bonds. The van der Waals surface area contributed by atoms with E-state index >= 15 is 0 Å². The Labute approximate surface area is 175 Å². The van der Waals surface area contributed by atoms with E-state index < -0.39 is 0 Å². The van der Waals surface area contributed by atoms with E-state index in [1.54, 1.807) is 4.68 Å². The van der Waals surface area contributed by atoms with E-state index in [1.165, 1.54) is 75.3 Å². The number of aryl methyl sites for hydroxylation is 2. The van der Waals surface area contributed by atoms with Gasteiger partial charge in [-0.25, -0.2) is 4.68 Å². The zero-order chi connectivity index (χ0) is 20.5. The summed E-state index contributed by atoms with van der Waals surface area (Å²) in [4.78, 5) is 0. The maximum atomic E-state index is 10.6. The van der Waals surface area contributed by atoms with Crippen LogP contribution < -0.4 is 0 Å². The molecule has 0 aliphatic carbocycles. The number of unbranched alkanes of at least 4 members (excludes halogenated alkanes) is 9. The second-order valence-corrected chi connectivity index (χ2v) is 8.19. The van der Waals surface area contributed by atoms with E-state index in [1.807, 2.05) is 36.4 Å². The normalized spacial score (nSPS) is 11.4. The Hall–Kier alpha value is -2.36. The first-order valence-electron chi connectivity index (χ1n) is 11.3. The van der Waals surface area contributed by atoms with Gasteiger partial charge < -0.3 is 5.11 Å². The zero-order valence-electron chi connectivity index (χ0n) is 18.0. The first-order valence-corrected chi connectivity index (χ1v) is 11.3. The fourth-order valence-corrected chi connectivity index (χ4v) is 4.01. The lowest BCUT2D eigenvalue weighted by Gasteiger charge is -2.11. The third kappa shape index (κ3) is 5.81. The maximum absolute atomic E-state index is 10.6. The Morgan fingerprint density at radius 2 is 1.52 bits per heavy atom. The van der Waals surface area contributed by atoms with Crippen molar-refractivity contribution in [2.45, 2.75) is 84.5 Å². The van der Waals surface area contributed by atoms with E-state index in [9.17, 15) is 5.11 Å². The molecule has 2 aromatic carbocycles. The van der Waals surface area contributed by atoms with E-state index in [4.69, 9.17) is 0 Å². The number of fused-ring (bicyclic) bond motifs is 1. The summed E-state index contributed by atoms with van der Waals surface area (Å²) >= 11 is 0. The van der Waals surface area contributed by atoms with Gasteiger partial charge in [-0.1, -0.05) is 82.1 Å². The highest BCUT2D eigenvalue weighted by molar-refractivity contribution is 5.76. The van der Waals surface area contributed by atoms with Gasteiger partial charge in [0.15, 0.2) is 0 Å². The number of rotatable bonds is 12. The lowest BCUT2D eigenvalue weighted by molar-refractivity contribution is 0.469. The number of benzene rings is 2. The van der Waals surface area contributed by atoms with Gasteiger partial charge in [-0.2, -0.15) is 0 Å². The number of phenols is 1. The number of phenolic OH excluding ortho intramolecular Hbond substituents is 1. The van der Waals surface area contributed by atoms with Gasteiger partial charge >= 0.3 is 0 Å². The van der Waals surface area contributed by atoms with Crippen LogP contribution in [0.3, 0.4) is 0 Å². The summed E-state index contributed by atoms with van der Waals surface area (Å²) in [5.74, 6) is 0.272. The fraction of sp³-hybridized carbons (Fsp3) is 0.520. The number of nitrogens with zero attached hydrogens (tertiary/aromatic N) is 3. The predicted molar refractivity (Wildman–Crippen MR) is 121 cm³/mol. The summed E-state index contributed by atoms with van der Waals surface area (Å²) in [6, 6.07) is 11.8. The van der Waals surface area contributed by atoms with Crippen molar-refractivity contribution in [3.8, 4) is 11.4 Å². The molecular weight excluding hydrogens is 358 g/mol. The van der Waals surface area contributed by atoms with Crippen LogP contribution >= 0.6 is 0 Å². The van der Waals surface area contributed by atoms with Crippen LogP contribution in [-0.4, -0.2) is 20.1 Å². The molecule has 0 atom stereocenters. The number of para-hydroxylation sites is 1. The average Bonchev–Trinajstić information content (AvgIpc) is 3.15.